The van der Waals surface area contributed by atoms with Crippen molar-refractivity contribution in [3.05, 3.63) is 64.2 Å². The van der Waals surface area contributed by atoms with Crippen LogP contribution in [0.1, 0.15) is 5.56 Å². The van der Waals surface area contributed by atoms with Crippen molar-refractivity contribution in [1.29, 1.82) is 0 Å². The van der Waals surface area contributed by atoms with Crippen LogP contribution >= 0.6 is 11.8 Å². The van der Waals surface area contributed by atoms with Gasteiger partial charge in [0.05, 0.1) is 4.92 Å². The molecule has 132 valence electrons. The Morgan fingerprint density at radius 1 is 1.19 bits per heavy atom. The molecule has 0 unspecified atom stereocenters. The third kappa shape index (κ3) is 4.25. The molecule has 26 heavy (non-hydrogen) atoms. The van der Waals surface area contributed by atoms with E-state index in [0.717, 1.165) is 5.56 Å². The molecule has 0 aliphatic heterocycles. The van der Waals surface area contributed by atoms with Crippen molar-refractivity contribution >= 4 is 40.5 Å². The van der Waals surface area contributed by atoms with E-state index in [2.05, 4.69) is 14.9 Å². The minimum atomic E-state index is -0.540. The topological polar surface area (TPSA) is 108 Å². The van der Waals surface area contributed by atoms with E-state index in [-0.39, 0.29) is 17.8 Å². The second-order valence-corrected chi connectivity index (χ2v) is 6.20. The van der Waals surface area contributed by atoms with Crippen molar-refractivity contribution in [3.8, 4) is 0 Å². The zero-order valence-corrected chi connectivity index (χ0v) is 14.2. The van der Waals surface area contributed by atoms with E-state index < -0.39 is 10.9 Å². The summed E-state index contributed by atoms with van der Waals surface area (Å²) in [4.78, 5) is 22.8. The predicted octanol–water partition coefficient (Wildman–Crippen LogP) is 3.48. The summed E-state index contributed by atoms with van der Waals surface area (Å²) in [6.45, 7) is 0.187. The fourth-order valence-electron chi connectivity index (χ4n) is 2.16. The predicted molar refractivity (Wildman–Crippen MR) is 95.6 cm³/mol. The molecule has 0 spiro atoms. The molecule has 0 saturated heterocycles. The van der Waals surface area contributed by atoms with Gasteiger partial charge in [-0.2, -0.15) is 0 Å². The zero-order valence-electron chi connectivity index (χ0n) is 13.4. The van der Waals surface area contributed by atoms with Crippen molar-refractivity contribution in [2.24, 2.45) is 0 Å². The number of carbonyl (C=O) groups is 1. The molecule has 0 N–H and O–H groups in total. The Bertz CT molecular complexity index is 955. The molecule has 0 amide bonds. The molecule has 3 rings (SSSR count). The first-order valence-electron chi connectivity index (χ1n) is 7.57. The molecule has 0 saturated carbocycles. The summed E-state index contributed by atoms with van der Waals surface area (Å²) in [5.74, 6) is 0.0245. The number of ether oxygens (including phenoxy) is 1. The molecule has 0 aliphatic carbocycles. The number of esters is 1. The molecule has 0 radical (unpaired) electrons. The lowest BCUT2D eigenvalue weighted by Gasteiger charge is -2.03. The van der Waals surface area contributed by atoms with Crippen molar-refractivity contribution in [2.75, 3.05) is 12.4 Å². The van der Waals surface area contributed by atoms with E-state index in [4.69, 9.17) is 4.74 Å². The highest BCUT2D eigenvalue weighted by Crippen LogP contribution is 2.31. The number of carbonyl (C=O) groups excluding carboxylic acids is 1. The summed E-state index contributed by atoms with van der Waals surface area (Å²) in [5.41, 5.74) is 1.16. The Morgan fingerprint density at radius 2 is 1.96 bits per heavy atom. The number of non-ortho nitro benzene ring substituents is 1. The standard InChI is InChI=1S/C17H13N3O5S/c21-15(9-6-12-4-2-1-3-5-12)24-10-11-26-14-8-7-13(20(22)23)16-17(14)19-25-18-16/h1-9H,10-11H2/b9-6+. The molecular formula is C17H13N3O5S. The van der Waals surface area contributed by atoms with Crippen LogP contribution in [0, 0.1) is 10.1 Å². The van der Waals surface area contributed by atoms with Gasteiger partial charge in [0.25, 0.3) is 0 Å². The number of thioether (sulfide) groups is 1. The van der Waals surface area contributed by atoms with Crippen LogP contribution in [0.2, 0.25) is 0 Å². The molecule has 0 atom stereocenters. The van der Waals surface area contributed by atoms with Gasteiger partial charge in [-0.1, -0.05) is 30.3 Å². The molecule has 0 aliphatic rings. The number of nitrogens with zero attached hydrogens (tertiary/aromatic N) is 3. The average molecular weight is 371 g/mol. The fraction of sp³-hybridized carbons (Fsp3) is 0.118. The first-order chi connectivity index (χ1) is 12.6. The molecular weight excluding hydrogens is 358 g/mol. The van der Waals surface area contributed by atoms with E-state index in [9.17, 15) is 14.9 Å². The van der Waals surface area contributed by atoms with Gasteiger partial charge in [-0.25, -0.2) is 9.42 Å². The Morgan fingerprint density at radius 3 is 2.73 bits per heavy atom. The third-order valence-electron chi connectivity index (χ3n) is 3.35. The summed E-state index contributed by atoms with van der Waals surface area (Å²) < 4.78 is 9.73. The minimum Gasteiger partial charge on any atom is -0.462 e. The molecule has 0 bridgehead atoms. The normalized spacial score (nSPS) is 11.1. The van der Waals surface area contributed by atoms with Gasteiger partial charge in [0.1, 0.15) is 6.61 Å². The number of benzene rings is 2. The van der Waals surface area contributed by atoms with Crippen LogP contribution < -0.4 is 0 Å². The summed E-state index contributed by atoms with van der Waals surface area (Å²) in [7, 11) is 0. The van der Waals surface area contributed by atoms with Crippen LogP contribution in [0.5, 0.6) is 0 Å². The Kier molecular flexibility index (Phi) is 5.59. The highest BCUT2D eigenvalue weighted by atomic mass is 32.2. The number of aromatic nitrogens is 2. The molecule has 3 aromatic rings. The van der Waals surface area contributed by atoms with Gasteiger partial charge in [0, 0.05) is 22.8 Å². The van der Waals surface area contributed by atoms with Gasteiger partial charge in [-0.3, -0.25) is 10.1 Å². The maximum atomic E-state index is 11.7. The molecule has 1 aromatic heterocycles. The summed E-state index contributed by atoms with van der Waals surface area (Å²) in [6, 6.07) is 12.3. The van der Waals surface area contributed by atoms with Crippen molar-refractivity contribution in [1.82, 2.24) is 10.3 Å². The lowest BCUT2D eigenvalue weighted by molar-refractivity contribution is -0.383. The summed E-state index contributed by atoms with van der Waals surface area (Å²) in [6.07, 6.45) is 3.04. The van der Waals surface area contributed by atoms with Gasteiger partial charge >= 0.3 is 11.7 Å². The number of hydrogen-bond acceptors (Lipinski definition) is 8. The highest BCUT2D eigenvalue weighted by Gasteiger charge is 2.19. The molecule has 0 fully saturated rings. The lowest BCUT2D eigenvalue weighted by Crippen LogP contribution is -2.04. The van der Waals surface area contributed by atoms with Crippen molar-refractivity contribution < 1.29 is 19.1 Å². The zero-order chi connectivity index (χ0) is 18.4. The van der Waals surface area contributed by atoms with Crippen LogP contribution in [0.25, 0.3) is 17.1 Å². The molecule has 1 heterocycles. The third-order valence-corrected chi connectivity index (χ3v) is 4.36. The first-order valence-corrected chi connectivity index (χ1v) is 8.56. The van der Waals surface area contributed by atoms with Crippen molar-refractivity contribution in [2.45, 2.75) is 4.90 Å². The van der Waals surface area contributed by atoms with Gasteiger partial charge in [-0.05, 0) is 28.0 Å². The SMILES string of the molecule is O=C(/C=C/c1ccccc1)OCCSc1ccc([N+](=O)[O-])c2nonc12. The van der Waals surface area contributed by atoms with E-state index in [1.807, 2.05) is 30.3 Å². The monoisotopic (exact) mass is 371 g/mol. The second kappa shape index (κ2) is 8.26. The van der Waals surface area contributed by atoms with Crippen LogP contribution in [0.4, 0.5) is 5.69 Å². The van der Waals surface area contributed by atoms with E-state index in [1.54, 1.807) is 12.1 Å². The van der Waals surface area contributed by atoms with Gasteiger partial charge in [0.2, 0.25) is 5.52 Å². The fourth-order valence-corrected chi connectivity index (χ4v) is 2.99. The Balaban J connectivity index is 1.52. The molecule has 8 nitrogen and oxygen atoms in total. The largest absolute Gasteiger partial charge is 0.462 e. The highest BCUT2D eigenvalue weighted by molar-refractivity contribution is 7.99. The minimum absolute atomic E-state index is 0.0998. The Labute approximate surface area is 151 Å². The Hall–Kier alpha value is -3.20. The second-order valence-electron chi connectivity index (χ2n) is 5.06. The van der Waals surface area contributed by atoms with Crippen LogP contribution in [0.3, 0.4) is 0 Å². The van der Waals surface area contributed by atoms with Crippen molar-refractivity contribution in [3.63, 3.8) is 0 Å². The number of fused-ring (bicyclic) bond motifs is 1. The maximum Gasteiger partial charge on any atom is 0.330 e. The van der Waals surface area contributed by atoms with Crippen LogP contribution in [-0.2, 0) is 9.53 Å². The van der Waals surface area contributed by atoms with Gasteiger partial charge < -0.3 is 4.74 Å². The smallest absolute Gasteiger partial charge is 0.330 e. The van der Waals surface area contributed by atoms with Crippen LogP contribution in [0.15, 0.2) is 58.1 Å². The number of hydrogen-bond donors (Lipinski definition) is 0. The first kappa shape index (κ1) is 17.6. The number of nitro benzene ring substituents is 1. The number of rotatable bonds is 7. The van der Waals surface area contributed by atoms with E-state index in [1.165, 1.54) is 23.9 Å². The van der Waals surface area contributed by atoms with Gasteiger partial charge in [0.15, 0.2) is 5.52 Å². The maximum absolute atomic E-state index is 11.7. The number of nitro groups is 1. The van der Waals surface area contributed by atoms with Crippen LogP contribution in [-0.4, -0.2) is 33.6 Å². The van der Waals surface area contributed by atoms with E-state index >= 15 is 0 Å². The average Bonchev–Trinajstić information content (AvgIpc) is 3.14. The quantitative estimate of drug-likeness (QED) is 0.155. The summed E-state index contributed by atoms with van der Waals surface area (Å²) >= 11 is 1.35. The molecule has 9 heteroatoms. The lowest BCUT2D eigenvalue weighted by atomic mass is 10.2. The molecule has 2 aromatic carbocycles. The van der Waals surface area contributed by atoms with Gasteiger partial charge in [-0.15, -0.1) is 11.8 Å². The van der Waals surface area contributed by atoms with E-state index in [0.29, 0.717) is 16.2 Å². The summed E-state index contributed by atoms with van der Waals surface area (Å²) in [5, 5.41) is 18.2.